The zero-order chi connectivity index (χ0) is 12.0. The van der Waals surface area contributed by atoms with E-state index >= 15 is 0 Å². The molecule has 0 aliphatic heterocycles. The third kappa shape index (κ3) is 3.90. The Morgan fingerprint density at radius 2 is 1.88 bits per heavy atom. The third-order valence-corrected chi connectivity index (χ3v) is 1.90. The Kier molecular flexibility index (Phi) is 4.79. The molecule has 0 radical (unpaired) electrons. The lowest BCUT2D eigenvalue weighted by molar-refractivity contribution is -0.0199. The Balaban J connectivity index is 2.48. The fourth-order valence-electron chi connectivity index (χ4n) is 1.04. The molecule has 1 rings (SSSR count). The highest BCUT2D eigenvalue weighted by Crippen LogP contribution is 2.12. The van der Waals surface area contributed by atoms with Gasteiger partial charge < -0.3 is 14.2 Å². The van der Waals surface area contributed by atoms with E-state index in [9.17, 15) is 4.79 Å². The van der Waals surface area contributed by atoms with E-state index in [1.54, 1.807) is 24.3 Å². The average Bonchev–Trinajstić information content (AvgIpc) is 2.28. The van der Waals surface area contributed by atoms with Crippen molar-refractivity contribution in [3.8, 4) is 5.75 Å². The first-order valence-electron chi connectivity index (χ1n) is 5.06. The molecule has 0 aliphatic rings. The molecule has 0 atom stereocenters. The quantitative estimate of drug-likeness (QED) is 0.568. The van der Waals surface area contributed by atoms with Crippen molar-refractivity contribution in [2.24, 2.45) is 0 Å². The van der Waals surface area contributed by atoms with E-state index in [-0.39, 0.29) is 18.9 Å². The van der Waals surface area contributed by atoms with Crippen LogP contribution in [0.1, 0.15) is 24.2 Å². The van der Waals surface area contributed by atoms with Crippen LogP contribution in [0.4, 0.5) is 0 Å². The summed E-state index contributed by atoms with van der Waals surface area (Å²) in [4.78, 5) is 11.1. The summed E-state index contributed by atoms with van der Waals surface area (Å²) in [6.45, 7) is 4.07. The summed E-state index contributed by atoms with van der Waals surface area (Å²) in [7, 11) is 1.35. The summed E-state index contributed by atoms with van der Waals surface area (Å²) in [6.07, 6.45) is 0.134. The van der Waals surface area contributed by atoms with Gasteiger partial charge in [-0.3, -0.25) is 0 Å². The van der Waals surface area contributed by atoms with Crippen LogP contribution in [0.3, 0.4) is 0 Å². The van der Waals surface area contributed by atoms with Crippen molar-refractivity contribution in [2.75, 3.05) is 13.9 Å². The smallest absolute Gasteiger partial charge is 0.337 e. The molecule has 0 fully saturated rings. The minimum atomic E-state index is -0.356. The third-order valence-electron chi connectivity index (χ3n) is 1.90. The first-order chi connectivity index (χ1) is 7.63. The van der Waals surface area contributed by atoms with Crippen molar-refractivity contribution in [2.45, 2.75) is 20.0 Å². The fourth-order valence-corrected chi connectivity index (χ4v) is 1.04. The van der Waals surface area contributed by atoms with Gasteiger partial charge in [-0.05, 0) is 38.1 Å². The lowest BCUT2D eigenvalue weighted by atomic mass is 10.2. The van der Waals surface area contributed by atoms with E-state index in [2.05, 4.69) is 4.74 Å². The second-order valence-corrected chi connectivity index (χ2v) is 3.49. The molecule has 0 spiro atoms. The summed E-state index contributed by atoms with van der Waals surface area (Å²) < 4.78 is 15.1. The first kappa shape index (κ1) is 12.5. The summed E-state index contributed by atoms with van der Waals surface area (Å²) >= 11 is 0. The molecule has 1 aromatic carbocycles. The number of ether oxygens (including phenoxy) is 3. The Hall–Kier alpha value is -1.55. The molecule has 4 heteroatoms. The molecule has 0 saturated carbocycles. The van der Waals surface area contributed by atoms with Crippen molar-refractivity contribution >= 4 is 5.97 Å². The predicted octanol–water partition coefficient (Wildman–Crippen LogP) is 2.23. The van der Waals surface area contributed by atoms with Gasteiger partial charge in [0.05, 0.1) is 18.8 Å². The van der Waals surface area contributed by atoms with Crippen molar-refractivity contribution in [1.82, 2.24) is 0 Å². The van der Waals surface area contributed by atoms with Crippen LogP contribution in [0, 0.1) is 0 Å². The van der Waals surface area contributed by atoms with Gasteiger partial charge in [-0.15, -0.1) is 0 Å². The minimum Gasteiger partial charge on any atom is -0.468 e. The second-order valence-electron chi connectivity index (χ2n) is 3.49. The summed E-state index contributed by atoms with van der Waals surface area (Å²) in [5.74, 6) is 0.304. The molecule has 0 aliphatic carbocycles. The number of carbonyl (C=O) groups is 1. The maximum absolute atomic E-state index is 11.1. The van der Waals surface area contributed by atoms with Crippen molar-refractivity contribution in [3.05, 3.63) is 29.8 Å². The number of methoxy groups -OCH3 is 1. The number of hydrogen-bond acceptors (Lipinski definition) is 4. The van der Waals surface area contributed by atoms with E-state index in [1.807, 2.05) is 13.8 Å². The van der Waals surface area contributed by atoms with Gasteiger partial charge in [-0.1, -0.05) is 0 Å². The normalized spacial score (nSPS) is 10.2. The highest BCUT2D eigenvalue weighted by Gasteiger charge is 2.04. The average molecular weight is 224 g/mol. The van der Waals surface area contributed by atoms with Gasteiger partial charge in [0.1, 0.15) is 5.75 Å². The summed E-state index contributed by atoms with van der Waals surface area (Å²) in [5, 5.41) is 0. The van der Waals surface area contributed by atoms with Gasteiger partial charge in [0, 0.05) is 0 Å². The molecule has 1 aromatic rings. The zero-order valence-corrected chi connectivity index (χ0v) is 9.73. The van der Waals surface area contributed by atoms with Gasteiger partial charge in [0.15, 0.2) is 6.79 Å². The van der Waals surface area contributed by atoms with Crippen LogP contribution in [-0.4, -0.2) is 26.0 Å². The number of esters is 1. The molecule has 0 N–H and O–H groups in total. The van der Waals surface area contributed by atoms with Crippen LogP contribution < -0.4 is 4.74 Å². The fraction of sp³-hybridized carbons (Fsp3) is 0.417. The summed E-state index contributed by atoms with van der Waals surface area (Å²) in [6, 6.07) is 6.71. The molecule has 16 heavy (non-hydrogen) atoms. The van der Waals surface area contributed by atoms with Gasteiger partial charge in [0.2, 0.25) is 0 Å². The SMILES string of the molecule is COC(=O)c1ccc(OCOC(C)C)cc1. The van der Waals surface area contributed by atoms with Gasteiger partial charge >= 0.3 is 5.97 Å². The lowest BCUT2D eigenvalue weighted by Crippen LogP contribution is -2.09. The highest BCUT2D eigenvalue weighted by atomic mass is 16.7. The maximum Gasteiger partial charge on any atom is 0.337 e. The van der Waals surface area contributed by atoms with E-state index in [0.717, 1.165) is 0 Å². The Labute approximate surface area is 95.1 Å². The molecule has 0 saturated heterocycles. The Morgan fingerprint density at radius 3 is 2.38 bits per heavy atom. The number of rotatable bonds is 5. The molecule has 0 aromatic heterocycles. The lowest BCUT2D eigenvalue weighted by Gasteiger charge is -2.09. The van der Waals surface area contributed by atoms with Gasteiger partial charge in [-0.2, -0.15) is 0 Å². The van der Waals surface area contributed by atoms with E-state index < -0.39 is 0 Å². The van der Waals surface area contributed by atoms with Crippen LogP contribution in [-0.2, 0) is 9.47 Å². The highest BCUT2D eigenvalue weighted by molar-refractivity contribution is 5.89. The molecule has 0 unspecified atom stereocenters. The second kappa shape index (κ2) is 6.12. The van der Waals surface area contributed by atoms with Gasteiger partial charge in [0.25, 0.3) is 0 Å². The van der Waals surface area contributed by atoms with Crippen molar-refractivity contribution < 1.29 is 19.0 Å². The number of carbonyl (C=O) groups excluding carboxylic acids is 1. The van der Waals surface area contributed by atoms with Crippen LogP contribution in [0.15, 0.2) is 24.3 Å². The van der Waals surface area contributed by atoms with E-state index in [1.165, 1.54) is 7.11 Å². The van der Waals surface area contributed by atoms with E-state index in [4.69, 9.17) is 9.47 Å². The molecular weight excluding hydrogens is 208 g/mol. The molecule has 0 bridgehead atoms. The molecule has 0 heterocycles. The molecule has 88 valence electrons. The van der Waals surface area contributed by atoms with E-state index in [0.29, 0.717) is 11.3 Å². The Bertz CT molecular complexity index is 329. The Morgan fingerprint density at radius 1 is 1.25 bits per heavy atom. The standard InChI is InChI=1S/C12H16O4/c1-9(2)15-8-16-11-6-4-10(5-7-11)12(13)14-3/h4-7,9H,8H2,1-3H3. The van der Waals surface area contributed by atoms with Gasteiger partial charge in [-0.25, -0.2) is 4.79 Å². The predicted molar refractivity (Wildman–Crippen MR) is 59.5 cm³/mol. The molecule has 0 amide bonds. The minimum absolute atomic E-state index is 0.134. The largest absolute Gasteiger partial charge is 0.468 e. The van der Waals surface area contributed by atoms with Crippen LogP contribution in [0.25, 0.3) is 0 Å². The number of benzene rings is 1. The van der Waals surface area contributed by atoms with Crippen molar-refractivity contribution in [1.29, 1.82) is 0 Å². The zero-order valence-electron chi connectivity index (χ0n) is 9.73. The first-order valence-corrected chi connectivity index (χ1v) is 5.06. The molecule has 4 nitrogen and oxygen atoms in total. The van der Waals surface area contributed by atoms with Crippen LogP contribution in [0.2, 0.25) is 0 Å². The molecular formula is C12H16O4. The van der Waals surface area contributed by atoms with Crippen molar-refractivity contribution in [3.63, 3.8) is 0 Å². The maximum atomic E-state index is 11.1. The van der Waals surface area contributed by atoms with Crippen LogP contribution >= 0.6 is 0 Å². The monoisotopic (exact) mass is 224 g/mol. The van der Waals surface area contributed by atoms with Crippen LogP contribution in [0.5, 0.6) is 5.75 Å². The summed E-state index contributed by atoms with van der Waals surface area (Å²) in [5.41, 5.74) is 0.500. The topological polar surface area (TPSA) is 44.8 Å². The number of hydrogen-bond donors (Lipinski definition) is 0.